The van der Waals surface area contributed by atoms with Crippen molar-refractivity contribution in [2.75, 3.05) is 0 Å². The molecule has 3 amide bonds. The van der Waals surface area contributed by atoms with Gasteiger partial charge < -0.3 is 30.5 Å². The third-order valence-electron chi connectivity index (χ3n) is 7.09. The van der Waals surface area contributed by atoms with Gasteiger partial charge in [-0.3, -0.25) is 9.59 Å². The van der Waals surface area contributed by atoms with Gasteiger partial charge in [0.2, 0.25) is 11.8 Å². The number of nitrogens with one attached hydrogen (secondary N) is 2. The molecule has 3 aromatic carbocycles. The Morgan fingerprint density at radius 2 is 1.56 bits per heavy atom. The molecule has 0 spiro atoms. The number of nitrogens with zero attached hydrogens (tertiary/aromatic N) is 1. The summed E-state index contributed by atoms with van der Waals surface area (Å²) in [5, 5.41) is 26.6. The van der Waals surface area contributed by atoms with Gasteiger partial charge in [-0.1, -0.05) is 67.6 Å². The van der Waals surface area contributed by atoms with E-state index in [1.54, 1.807) is 58.0 Å². The Kier molecular flexibility index (Phi) is 11.2. The van der Waals surface area contributed by atoms with Gasteiger partial charge in [-0.15, -0.1) is 0 Å². The predicted molar refractivity (Wildman–Crippen MR) is 165 cm³/mol. The highest BCUT2D eigenvalue weighted by Gasteiger charge is 2.39. The molecule has 0 aromatic heterocycles. The SMILES string of the molecule is CCC(C)N(C(=O)C(Cc1ccc(O)cc1)NC(=O)OC(C)(C)C)C(C(=O)NCc1ccccc1)c1cccc(C)c1O. The van der Waals surface area contributed by atoms with Gasteiger partial charge in [0.1, 0.15) is 29.2 Å². The summed E-state index contributed by atoms with van der Waals surface area (Å²) in [7, 11) is 0. The van der Waals surface area contributed by atoms with Gasteiger partial charge >= 0.3 is 6.09 Å². The van der Waals surface area contributed by atoms with E-state index < -0.39 is 41.6 Å². The maximum atomic E-state index is 14.6. The Labute approximate surface area is 253 Å². The van der Waals surface area contributed by atoms with Crippen molar-refractivity contribution >= 4 is 17.9 Å². The van der Waals surface area contributed by atoms with Crippen molar-refractivity contribution in [3.8, 4) is 11.5 Å². The molecule has 3 unspecified atom stereocenters. The second kappa shape index (κ2) is 14.6. The second-order valence-corrected chi connectivity index (χ2v) is 11.7. The molecule has 230 valence electrons. The molecule has 0 saturated carbocycles. The topological polar surface area (TPSA) is 128 Å². The number of benzene rings is 3. The van der Waals surface area contributed by atoms with E-state index in [9.17, 15) is 24.6 Å². The quantitative estimate of drug-likeness (QED) is 0.233. The Morgan fingerprint density at radius 1 is 0.907 bits per heavy atom. The van der Waals surface area contributed by atoms with Crippen LogP contribution in [0.3, 0.4) is 0 Å². The van der Waals surface area contributed by atoms with Crippen LogP contribution in [-0.4, -0.2) is 50.7 Å². The number of alkyl carbamates (subject to hydrolysis) is 1. The third kappa shape index (κ3) is 9.23. The highest BCUT2D eigenvalue weighted by atomic mass is 16.6. The van der Waals surface area contributed by atoms with Crippen molar-refractivity contribution in [2.24, 2.45) is 0 Å². The molecule has 0 aliphatic rings. The summed E-state index contributed by atoms with van der Waals surface area (Å²) < 4.78 is 5.48. The van der Waals surface area contributed by atoms with E-state index in [0.29, 0.717) is 17.5 Å². The summed E-state index contributed by atoms with van der Waals surface area (Å²) in [4.78, 5) is 43.0. The highest BCUT2D eigenvalue weighted by molar-refractivity contribution is 5.93. The van der Waals surface area contributed by atoms with Gasteiger partial charge in [0.25, 0.3) is 0 Å². The van der Waals surface area contributed by atoms with Crippen LogP contribution in [0, 0.1) is 6.92 Å². The molecule has 3 atom stereocenters. The number of carbonyl (C=O) groups is 3. The van der Waals surface area contributed by atoms with Crippen LogP contribution >= 0.6 is 0 Å². The molecule has 3 rings (SSSR count). The number of phenolic OH excluding ortho intramolecular Hbond substituents is 2. The van der Waals surface area contributed by atoms with Gasteiger partial charge in [0.05, 0.1) is 0 Å². The van der Waals surface area contributed by atoms with Crippen LogP contribution in [0.2, 0.25) is 0 Å². The number of carbonyl (C=O) groups excluding carboxylic acids is 3. The fourth-order valence-electron chi connectivity index (χ4n) is 4.69. The lowest BCUT2D eigenvalue weighted by atomic mass is 9.96. The lowest BCUT2D eigenvalue weighted by Crippen LogP contribution is -2.56. The van der Waals surface area contributed by atoms with E-state index in [0.717, 1.165) is 5.56 Å². The monoisotopic (exact) mass is 589 g/mol. The Bertz CT molecular complexity index is 1390. The van der Waals surface area contributed by atoms with E-state index in [1.807, 2.05) is 44.2 Å². The Morgan fingerprint density at radius 3 is 2.16 bits per heavy atom. The lowest BCUT2D eigenvalue weighted by molar-refractivity contribution is -0.145. The number of ether oxygens (including phenoxy) is 1. The molecule has 0 saturated heterocycles. The van der Waals surface area contributed by atoms with Gasteiger partial charge in [0, 0.05) is 24.6 Å². The van der Waals surface area contributed by atoms with Crippen LogP contribution < -0.4 is 10.6 Å². The molecular formula is C34H43N3O6. The minimum atomic E-state index is -1.20. The van der Waals surface area contributed by atoms with Gasteiger partial charge in [-0.05, 0) is 69.9 Å². The molecule has 0 aliphatic heterocycles. The average Bonchev–Trinajstić information content (AvgIpc) is 2.96. The first kappa shape index (κ1) is 33.0. The zero-order valence-corrected chi connectivity index (χ0v) is 25.8. The zero-order valence-electron chi connectivity index (χ0n) is 25.8. The molecule has 0 heterocycles. The molecule has 0 radical (unpaired) electrons. The minimum Gasteiger partial charge on any atom is -0.508 e. The molecule has 3 aromatic rings. The number of aryl methyl sites for hydroxylation is 1. The molecular weight excluding hydrogens is 546 g/mol. The number of amides is 3. The maximum absolute atomic E-state index is 14.6. The molecule has 0 fully saturated rings. The van der Waals surface area contributed by atoms with Crippen LogP contribution in [-0.2, 0) is 27.3 Å². The Balaban J connectivity index is 2.08. The summed E-state index contributed by atoms with van der Waals surface area (Å²) >= 11 is 0. The summed E-state index contributed by atoms with van der Waals surface area (Å²) in [6, 6.07) is 18.0. The normalized spacial score (nSPS) is 13.3. The van der Waals surface area contributed by atoms with Crippen LogP contribution in [0.4, 0.5) is 4.79 Å². The standard InChI is InChI=1S/C34H43N3O6/c1-7-23(3)37(32(41)28(36-33(42)43-34(4,5)6)20-24-16-18-26(38)19-17-24)29(27-15-11-12-22(2)30(27)39)31(40)35-21-25-13-9-8-10-14-25/h8-19,23,28-29,38-39H,7,20-21H2,1-6H3,(H,35,40)(H,36,42). The molecule has 0 bridgehead atoms. The fraction of sp³-hybridized carbons (Fsp3) is 0.382. The number of phenols is 2. The minimum absolute atomic E-state index is 0.0676. The lowest BCUT2D eigenvalue weighted by Gasteiger charge is -2.38. The van der Waals surface area contributed by atoms with E-state index in [4.69, 9.17) is 4.74 Å². The molecule has 9 nitrogen and oxygen atoms in total. The number of hydrogen-bond donors (Lipinski definition) is 4. The predicted octanol–water partition coefficient (Wildman–Crippen LogP) is 5.53. The number of rotatable bonds is 11. The van der Waals surface area contributed by atoms with E-state index in [-0.39, 0.29) is 30.0 Å². The number of para-hydroxylation sites is 1. The molecule has 4 N–H and O–H groups in total. The van der Waals surface area contributed by atoms with Crippen LogP contribution in [0.1, 0.15) is 69.3 Å². The average molecular weight is 590 g/mol. The summed E-state index contributed by atoms with van der Waals surface area (Å²) in [5.41, 5.74) is 1.59. The second-order valence-electron chi connectivity index (χ2n) is 11.7. The smallest absolute Gasteiger partial charge is 0.408 e. The van der Waals surface area contributed by atoms with Crippen LogP contribution in [0.25, 0.3) is 0 Å². The van der Waals surface area contributed by atoms with Crippen molar-refractivity contribution in [1.29, 1.82) is 0 Å². The highest BCUT2D eigenvalue weighted by Crippen LogP contribution is 2.34. The molecule has 43 heavy (non-hydrogen) atoms. The first-order valence-electron chi connectivity index (χ1n) is 14.5. The van der Waals surface area contributed by atoms with Crippen molar-refractivity contribution in [3.63, 3.8) is 0 Å². The van der Waals surface area contributed by atoms with E-state index >= 15 is 0 Å². The first-order chi connectivity index (χ1) is 20.3. The van der Waals surface area contributed by atoms with Gasteiger partial charge in [-0.2, -0.15) is 0 Å². The van der Waals surface area contributed by atoms with Gasteiger partial charge in [0.15, 0.2) is 0 Å². The summed E-state index contributed by atoms with van der Waals surface area (Å²) in [5.74, 6) is -1.01. The first-order valence-corrected chi connectivity index (χ1v) is 14.5. The maximum Gasteiger partial charge on any atom is 0.408 e. The van der Waals surface area contributed by atoms with Crippen molar-refractivity contribution in [1.82, 2.24) is 15.5 Å². The fourth-order valence-corrected chi connectivity index (χ4v) is 4.69. The molecule has 0 aliphatic carbocycles. The molecule has 9 heteroatoms. The van der Waals surface area contributed by atoms with Crippen LogP contribution in [0.5, 0.6) is 11.5 Å². The summed E-state index contributed by atoms with van der Waals surface area (Å²) in [6.45, 7) is 10.8. The van der Waals surface area contributed by atoms with Crippen molar-refractivity contribution in [2.45, 2.75) is 84.7 Å². The third-order valence-corrected chi connectivity index (χ3v) is 7.09. The van der Waals surface area contributed by atoms with E-state index in [2.05, 4.69) is 10.6 Å². The zero-order chi connectivity index (χ0) is 31.7. The number of hydrogen-bond acceptors (Lipinski definition) is 6. The Hall–Kier alpha value is -4.53. The summed E-state index contributed by atoms with van der Waals surface area (Å²) in [6.07, 6.45) is -0.208. The van der Waals surface area contributed by atoms with Crippen molar-refractivity contribution < 1.29 is 29.3 Å². The van der Waals surface area contributed by atoms with Gasteiger partial charge in [-0.25, -0.2) is 4.79 Å². The largest absolute Gasteiger partial charge is 0.508 e. The van der Waals surface area contributed by atoms with Crippen LogP contribution in [0.15, 0.2) is 72.8 Å². The van der Waals surface area contributed by atoms with E-state index in [1.165, 1.54) is 17.0 Å². The van der Waals surface area contributed by atoms with Crippen molar-refractivity contribution in [3.05, 3.63) is 95.1 Å². The number of aromatic hydroxyl groups is 2.